The van der Waals surface area contributed by atoms with Crippen molar-refractivity contribution in [2.24, 2.45) is 5.41 Å². The van der Waals surface area contributed by atoms with Gasteiger partial charge in [0, 0.05) is 17.5 Å². The van der Waals surface area contributed by atoms with Crippen LogP contribution in [-0.2, 0) is 0 Å². The normalized spacial score (nSPS) is 20.1. The van der Waals surface area contributed by atoms with Crippen molar-refractivity contribution >= 4 is 11.3 Å². The largest absolute Gasteiger partial charge is 0.309 e. The molecular formula is C13H21NS. The monoisotopic (exact) mass is 223 g/mol. The molecular weight excluding hydrogens is 202 g/mol. The maximum absolute atomic E-state index is 3.68. The highest BCUT2D eigenvalue weighted by Crippen LogP contribution is 2.49. The van der Waals surface area contributed by atoms with Crippen molar-refractivity contribution < 1.29 is 0 Å². The third kappa shape index (κ3) is 2.82. The molecule has 1 heterocycles. The molecule has 1 aromatic heterocycles. The van der Waals surface area contributed by atoms with E-state index >= 15 is 0 Å². The maximum Gasteiger partial charge on any atom is 0.0386 e. The van der Waals surface area contributed by atoms with Crippen molar-refractivity contribution in [1.82, 2.24) is 5.32 Å². The van der Waals surface area contributed by atoms with Crippen LogP contribution in [0, 0.1) is 5.41 Å². The molecule has 0 radical (unpaired) electrons. The molecule has 0 aromatic carbocycles. The second-order valence-corrected chi connectivity index (χ2v) is 5.85. The van der Waals surface area contributed by atoms with Crippen molar-refractivity contribution in [3.63, 3.8) is 0 Å². The Hall–Kier alpha value is -0.340. The molecule has 1 aliphatic rings. The van der Waals surface area contributed by atoms with Crippen LogP contribution < -0.4 is 5.32 Å². The van der Waals surface area contributed by atoms with Crippen LogP contribution in [0.25, 0.3) is 0 Å². The smallest absolute Gasteiger partial charge is 0.0386 e. The van der Waals surface area contributed by atoms with Gasteiger partial charge in [0.1, 0.15) is 0 Å². The number of hydrogen-bond acceptors (Lipinski definition) is 2. The molecule has 1 aromatic rings. The lowest BCUT2D eigenvalue weighted by molar-refractivity contribution is 0.399. The Morgan fingerprint density at radius 1 is 1.53 bits per heavy atom. The highest BCUT2D eigenvalue weighted by Gasteiger charge is 2.41. The fraction of sp³-hybridized carbons (Fsp3) is 0.692. The lowest BCUT2D eigenvalue weighted by Crippen LogP contribution is -2.26. The number of nitrogens with one attached hydrogen (secondary N) is 1. The molecule has 84 valence electrons. The molecule has 1 nitrogen and oxygen atoms in total. The van der Waals surface area contributed by atoms with Crippen LogP contribution in [-0.4, -0.2) is 6.54 Å². The lowest BCUT2D eigenvalue weighted by atomic mass is 10.0. The summed E-state index contributed by atoms with van der Waals surface area (Å²) in [6.07, 6.45) is 5.60. The van der Waals surface area contributed by atoms with Gasteiger partial charge in [-0.2, -0.15) is 0 Å². The summed E-state index contributed by atoms with van der Waals surface area (Å²) < 4.78 is 0. The summed E-state index contributed by atoms with van der Waals surface area (Å²) in [6, 6.07) is 4.89. The van der Waals surface area contributed by atoms with E-state index in [4.69, 9.17) is 0 Å². The van der Waals surface area contributed by atoms with Gasteiger partial charge in [-0.25, -0.2) is 0 Å². The third-order valence-electron chi connectivity index (χ3n) is 3.49. The van der Waals surface area contributed by atoms with Crippen molar-refractivity contribution in [2.45, 2.75) is 45.6 Å². The van der Waals surface area contributed by atoms with Crippen LogP contribution >= 0.6 is 11.3 Å². The van der Waals surface area contributed by atoms with Gasteiger partial charge in [0.15, 0.2) is 0 Å². The molecule has 1 N–H and O–H groups in total. The third-order valence-corrected chi connectivity index (χ3v) is 4.55. The van der Waals surface area contributed by atoms with Gasteiger partial charge >= 0.3 is 0 Å². The summed E-state index contributed by atoms with van der Waals surface area (Å²) >= 11 is 1.85. The van der Waals surface area contributed by atoms with Crippen LogP contribution in [0.4, 0.5) is 0 Å². The summed E-state index contributed by atoms with van der Waals surface area (Å²) in [4.78, 5) is 1.46. The lowest BCUT2D eigenvalue weighted by Gasteiger charge is -2.18. The first-order valence-corrected chi connectivity index (χ1v) is 6.90. The van der Waals surface area contributed by atoms with Crippen LogP contribution in [0.1, 0.15) is 50.4 Å². The van der Waals surface area contributed by atoms with Gasteiger partial charge in [-0.1, -0.05) is 19.4 Å². The summed E-state index contributed by atoms with van der Waals surface area (Å²) in [6.45, 7) is 5.77. The SMILES string of the molecule is CCCC1(CNC(C)c2cccs2)CC1. The topological polar surface area (TPSA) is 12.0 Å². The second kappa shape index (κ2) is 4.67. The van der Waals surface area contributed by atoms with Gasteiger partial charge in [-0.3, -0.25) is 0 Å². The van der Waals surface area contributed by atoms with Crippen molar-refractivity contribution in [1.29, 1.82) is 0 Å². The first kappa shape index (κ1) is 11.2. The Balaban J connectivity index is 1.78. The second-order valence-electron chi connectivity index (χ2n) is 4.87. The zero-order chi connectivity index (χ0) is 10.7. The zero-order valence-corrected chi connectivity index (χ0v) is 10.6. The molecule has 1 unspecified atom stereocenters. The molecule has 1 atom stereocenters. The Labute approximate surface area is 96.9 Å². The highest BCUT2D eigenvalue weighted by molar-refractivity contribution is 7.10. The van der Waals surface area contributed by atoms with E-state index in [1.165, 1.54) is 37.1 Å². The van der Waals surface area contributed by atoms with Gasteiger partial charge in [-0.05, 0) is 43.0 Å². The van der Waals surface area contributed by atoms with Gasteiger partial charge in [-0.15, -0.1) is 11.3 Å². The fourth-order valence-electron chi connectivity index (χ4n) is 2.23. The van der Waals surface area contributed by atoms with E-state index < -0.39 is 0 Å². The van der Waals surface area contributed by atoms with E-state index in [9.17, 15) is 0 Å². The van der Waals surface area contributed by atoms with Crippen LogP contribution in [0.2, 0.25) is 0 Å². The summed E-state index contributed by atoms with van der Waals surface area (Å²) in [5, 5.41) is 5.84. The number of thiophene rings is 1. The Morgan fingerprint density at radius 2 is 2.33 bits per heavy atom. The van der Waals surface area contributed by atoms with E-state index in [2.05, 4.69) is 36.7 Å². The first-order chi connectivity index (χ1) is 7.26. The van der Waals surface area contributed by atoms with Gasteiger partial charge in [0.05, 0.1) is 0 Å². The number of rotatable bonds is 6. The van der Waals surface area contributed by atoms with E-state index in [1.54, 1.807) is 0 Å². The molecule has 1 aliphatic carbocycles. The standard InChI is InChI=1S/C13H21NS/c1-3-6-13(7-8-13)10-14-11(2)12-5-4-9-15-12/h4-5,9,11,14H,3,6-8,10H2,1-2H3. The van der Waals surface area contributed by atoms with Crippen molar-refractivity contribution in [3.8, 4) is 0 Å². The predicted molar refractivity (Wildman–Crippen MR) is 67.3 cm³/mol. The average molecular weight is 223 g/mol. The highest BCUT2D eigenvalue weighted by atomic mass is 32.1. The summed E-state index contributed by atoms with van der Waals surface area (Å²) in [5.74, 6) is 0. The molecule has 0 aliphatic heterocycles. The molecule has 2 heteroatoms. The number of hydrogen-bond donors (Lipinski definition) is 1. The van der Waals surface area contributed by atoms with Crippen molar-refractivity contribution in [2.75, 3.05) is 6.54 Å². The minimum atomic E-state index is 0.527. The summed E-state index contributed by atoms with van der Waals surface area (Å²) in [7, 11) is 0. The van der Waals surface area contributed by atoms with Gasteiger partial charge in [0.2, 0.25) is 0 Å². The maximum atomic E-state index is 3.68. The van der Waals surface area contributed by atoms with Crippen LogP contribution in [0.3, 0.4) is 0 Å². The molecule has 0 saturated heterocycles. The Morgan fingerprint density at radius 3 is 2.87 bits per heavy atom. The predicted octanol–water partition coefficient (Wildman–Crippen LogP) is 3.98. The Bertz CT molecular complexity index is 287. The molecule has 1 saturated carbocycles. The van der Waals surface area contributed by atoms with Crippen LogP contribution in [0.15, 0.2) is 17.5 Å². The first-order valence-electron chi connectivity index (χ1n) is 6.02. The summed E-state index contributed by atoms with van der Waals surface area (Å²) in [5.41, 5.74) is 0.667. The van der Waals surface area contributed by atoms with Crippen molar-refractivity contribution in [3.05, 3.63) is 22.4 Å². The minimum absolute atomic E-state index is 0.527. The average Bonchev–Trinajstić information content (AvgIpc) is 2.81. The van der Waals surface area contributed by atoms with Gasteiger partial charge < -0.3 is 5.32 Å². The van der Waals surface area contributed by atoms with E-state index in [0.717, 1.165) is 0 Å². The molecule has 1 fully saturated rings. The van der Waals surface area contributed by atoms with Crippen LogP contribution in [0.5, 0.6) is 0 Å². The molecule has 0 bridgehead atoms. The molecule has 0 amide bonds. The Kier molecular flexibility index (Phi) is 3.47. The quantitative estimate of drug-likeness (QED) is 0.769. The van der Waals surface area contributed by atoms with Gasteiger partial charge in [0.25, 0.3) is 0 Å². The van der Waals surface area contributed by atoms with E-state index in [1.807, 2.05) is 11.3 Å². The fourth-order valence-corrected chi connectivity index (χ4v) is 2.99. The molecule has 15 heavy (non-hydrogen) atoms. The van der Waals surface area contributed by atoms with E-state index in [0.29, 0.717) is 11.5 Å². The minimum Gasteiger partial charge on any atom is -0.309 e. The zero-order valence-electron chi connectivity index (χ0n) is 9.75. The van der Waals surface area contributed by atoms with E-state index in [-0.39, 0.29) is 0 Å². The molecule has 0 spiro atoms. The molecule has 2 rings (SSSR count).